The summed E-state index contributed by atoms with van der Waals surface area (Å²) in [6.07, 6.45) is 5.78. The zero-order valence-corrected chi connectivity index (χ0v) is 12.1. The first-order valence-electron chi connectivity index (χ1n) is 7.26. The van der Waals surface area contributed by atoms with E-state index in [0.717, 1.165) is 19.5 Å². The molecule has 0 spiro atoms. The number of carbonyl (C=O) groups excluding carboxylic acids is 1. The van der Waals surface area contributed by atoms with E-state index in [4.69, 9.17) is 4.74 Å². The van der Waals surface area contributed by atoms with Gasteiger partial charge in [-0.25, -0.2) is 4.79 Å². The maximum atomic E-state index is 11.3. The van der Waals surface area contributed by atoms with Gasteiger partial charge in [-0.1, -0.05) is 26.7 Å². The van der Waals surface area contributed by atoms with Gasteiger partial charge in [-0.15, -0.1) is 0 Å². The zero-order chi connectivity index (χ0) is 13.4. The van der Waals surface area contributed by atoms with Crippen LogP contribution in [0.15, 0.2) is 0 Å². The van der Waals surface area contributed by atoms with Crippen LogP contribution in [0.3, 0.4) is 0 Å². The highest BCUT2D eigenvalue weighted by Gasteiger charge is 2.27. The number of likely N-dealkylation sites (tertiary alicyclic amines) is 1. The Morgan fingerprint density at radius 1 is 1.33 bits per heavy atom. The number of ether oxygens (including phenoxy) is 1. The summed E-state index contributed by atoms with van der Waals surface area (Å²) in [5, 5.41) is 2.96. The van der Waals surface area contributed by atoms with E-state index < -0.39 is 0 Å². The third-order valence-corrected chi connectivity index (χ3v) is 3.63. The lowest BCUT2D eigenvalue weighted by atomic mass is 9.90. The standard InChI is InChI=1S/C14H28N2O2/c1-4-6-7-12-9-13(15-14(17)18-3)11-16(10-12)8-5-2/h12-13H,4-11H2,1-3H3,(H,15,17). The second-order valence-corrected chi connectivity index (χ2v) is 5.34. The van der Waals surface area contributed by atoms with Crippen LogP contribution in [0.1, 0.15) is 46.0 Å². The van der Waals surface area contributed by atoms with E-state index in [0.29, 0.717) is 5.92 Å². The van der Waals surface area contributed by atoms with E-state index in [2.05, 4.69) is 24.1 Å². The quantitative estimate of drug-likeness (QED) is 0.794. The molecule has 1 aliphatic heterocycles. The van der Waals surface area contributed by atoms with Crippen molar-refractivity contribution in [1.29, 1.82) is 0 Å². The molecule has 2 unspecified atom stereocenters. The van der Waals surface area contributed by atoms with Crippen molar-refractivity contribution in [3.8, 4) is 0 Å². The summed E-state index contributed by atoms with van der Waals surface area (Å²) >= 11 is 0. The number of rotatable bonds is 6. The molecular formula is C14H28N2O2. The van der Waals surface area contributed by atoms with Gasteiger partial charge in [0.2, 0.25) is 0 Å². The van der Waals surface area contributed by atoms with Crippen molar-refractivity contribution in [2.75, 3.05) is 26.7 Å². The first-order valence-corrected chi connectivity index (χ1v) is 7.26. The maximum Gasteiger partial charge on any atom is 0.407 e. The van der Waals surface area contributed by atoms with Crippen molar-refractivity contribution in [3.63, 3.8) is 0 Å². The molecule has 0 aromatic heterocycles. The molecule has 1 heterocycles. The second kappa shape index (κ2) is 8.35. The summed E-state index contributed by atoms with van der Waals surface area (Å²) in [4.78, 5) is 13.8. The minimum absolute atomic E-state index is 0.250. The monoisotopic (exact) mass is 256 g/mol. The molecule has 1 saturated heterocycles. The highest BCUT2D eigenvalue weighted by atomic mass is 16.5. The topological polar surface area (TPSA) is 41.6 Å². The predicted molar refractivity (Wildman–Crippen MR) is 73.7 cm³/mol. The lowest BCUT2D eigenvalue weighted by molar-refractivity contribution is 0.121. The average Bonchev–Trinajstić information content (AvgIpc) is 2.36. The molecule has 0 aromatic carbocycles. The molecule has 0 radical (unpaired) electrons. The number of unbranched alkanes of at least 4 members (excludes halogenated alkanes) is 1. The third kappa shape index (κ3) is 5.25. The molecule has 1 fully saturated rings. The second-order valence-electron chi connectivity index (χ2n) is 5.34. The van der Waals surface area contributed by atoms with Crippen molar-refractivity contribution >= 4 is 6.09 Å². The fourth-order valence-corrected chi connectivity index (χ4v) is 2.83. The number of methoxy groups -OCH3 is 1. The Morgan fingerprint density at radius 2 is 2.11 bits per heavy atom. The molecule has 4 heteroatoms. The molecule has 0 aromatic rings. The fraction of sp³-hybridized carbons (Fsp3) is 0.929. The lowest BCUT2D eigenvalue weighted by Crippen LogP contribution is -2.50. The molecule has 1 rings (SSSR count). The summed E-state index contributed by atoms with van der Waals surface area (Å²) in [7, 11) is 1.43. The fourth-order valence-electron chi connectivity index (χ4n) is 2.83. The Balaban J connectivity index is 2.47. The number of hydrogen-bond donors (Lipinski definition) is 1. The van der Waals surface area contributed by atoms with Crippen molar-refractivity contribution in [2.24, 2.45) is 5.92 Å². The molecule has 0 saturated carbocycles. The number of piperidine rings is 1. The number of hydrogen-bond acceptors (Lipinski definition) is 3. The molecule has 2 atom stereocenters. The number of amides is 1. The zero-order valence-electron chi connectivity index (χ0n) is 12.1. The summed E-state index contributed by atoms with van der Waals surface area (Å²) in [5.41, 5.74) is 0. The van der Waals surface area contributed by atoms with Gasteiger partial charge >= 0.3 is 6.09 Å². The van der Waals surface area contributed by atoms with Crippen LogP contribution >= 0.6 is 0 Å². The molecule has 1 aliphatic rings. The first-order chi connectivity index (χ1) is 8.69. The summed E-state index contributed by atoms with van der Waals surface area (Å²) < 4.78 is 4.70. The van der Waals surface area contributed by atoms with E-state index in [9.17, 15) is 4.79 Å². The molecule has 0 bridgehead atoms. The van der Waals surface area contributed by atoms with Crippen LogP contribution < -0.4 is 5.32 Å². The van der Waals surface area contributed by atoms with Crippen molar-refractivity contribution in [2.45, 2.75) is 52.0 Å². The van der Waals surface area contributed by atoms with E-state index in [1.165, 1.54) is 39.3 Å². The Morgan fingerprint density at radius 3 is 2.72 bits per heavy atom. The normalized spacial score (nSPS) is 24.8. The summed E-state index contributed by atoms with van der Waals surface area (Å²) in [6.45, 7) is 7.72. The maximum absolute atomic E-state index is 11.3. The molecule has 18 heavy (non-hydrogen) atoms. The molecule has 1 amide bonds. The SMILES string of the molecule is CCCCC1CC(NC(=O)OC)CN(CCC)C1. The van der Waals surface area contributed by atoms with Crippen molar-refractivity contribution in [1.82, 2.24) is 10.2 Å². The van der Waals surface area contributed by atoms with Gasteiger partial charge in [-0.2, -0.15) is 0 Å². The number of nitrogens with zero attached hydrogens (tertiary/aromatic N) is 1. The van der Waals surface area contributed by atoms with E-state index in [1.807, 2.05) is 0 Å². The van der Waals surface area contributed by atoms with Crippen LogP contribution in [-0.2, 0) is 4.74 Å². The molecular weight excluding hydrogens is 228 g/mol. The number of alkyl carbamates (subject to hydrolysis) is 1. The van der Waals surface area contributed by atoms with Crippen molar-refractivity contribution < 1.29 is 9.53 Å². The van der Waals surface area contributed by atoms with Crippen molar-refractivity contribution in [3.05, 3.63) is 0 Å². The Kier molecular flexibility index (Phi) is 7.09. The number of carbonyl (C=O) groups is 1. The molecule has 4 nitrogen and oxygen atoms in total. The van der Waals surface area contributed by atoms with Crippen LogP contribution in [0.4, 0.5) is 4.79 Å². The van der Waals surface area contributed by atoms with Gasteiger partial charge in [0.15, 0.2) is 0 Å². The minimum Gasteiger partial charge on any atom is -0.453 e. The van der Waals surface area contributed by atoms with Gasteiger partial charge in [0, 0.05) is 19.1 Å². The summed E-state index contributed by atoms with van der Waals surface area (Å²) in [5.74, 6) is 0.715. The van der Waals surface area contributed by atoms with Gasteiger partial charge in [-0.05, 0) is 31.7 Å². The number of nitrogens with one attached hydrogen (secondary N) is 1. The van der Waals surface area contributed by atoms with E-state index in [-0.39, 0.29) is 12.1 Å². The lowest BCUT2D eigenvalue weighted by Gasteiger charge is -2.37. The smallest absolute Gasteiger partial charge is 0.407 e. The summed E-state index contributed by atoms with van der Waals surface area (Å²) in [6, 6.07) is 0.250. The molecule has 0 aliphatic carbocycles. The van der Waals surface area contributed by atoms with E-state index in [1.54, 1.807) is 0 Å². The predicted octanol–water partition coefficient (Wildman–Crippen LogP) is 2.63. The molecule has 1 N–H and O–H groups in total. The van der Waals surface area contributed by atoms with Crippen LogP contribution in [0.5, 0.6) is 0 Å². The van der Waals surface area contributed by atoms with Gasteiger partial charge in [-0.3, -0.25) is 0 Å². The Labute approximate surface area is 111 Å². The van der Waals surface area contributed by atoms with Crippen LogP contribution in [0.2, 0.25) is 0 Å². The van der Waals surface area contributed by atoms with Crippen LogP contribution in [0.25, 0.3) is 0 Å². The van der Waals surface area contributed by atoms with Gasteiger partial charge in [0.25, 0.3) is 0 Å². The Hall–Kier alpha value is -0.770. The molecule has 106 valence electrons. The third-order valence-electron chi connectivity index (χ3n) is 3.63. The van der Waals surface area contributed by atoms with Crippen LogP contribution in [0, 0.1) is 5.92 Å². The Bertz CT molecular complexity index is 246. The minimum atomic E-state index is -0.299. The van der Waals surface area contributed by atoms with Gasteiger partial charge in [0.1, 0.15) is 0 Å². The van der Waals surface area contributed by atoms with Gasteiger partial charge in [0.05, 0.1) is 7.11 Å². The highest BCUT2D eigenvalue weighted by Crippen LogP contribution is 2.22. The average molecular weight is 256 g/mol. The first kappa shape index (κ1) is 15.3. The van der Waals surface area contributed by atoms with Gasteiger partial charge < -0.3 is 15.0 Å². The van der Waals surface area contributed by atoms with E-state index >= 15 is 0 Å². The largest absolute Gasteiger partial charge is 0.453 e. The highest BCUT2D eigenvalue weighted by molar-refractivity contribution is 5.67. The van der Waals surface area contributed by atoms with Crippen LogP contribution in [-0.4, -0.2) is 43.8 Å².